The van der Waals surface area contributed by atoms with Gasteiger partial charge in [-0.3, -0.25) is 0 Å². The topological polar surface area (TPSA) is 46.2 Å². The van der Waals surface area contributed by atoms with Crippen LogP contribution >= 0.6 is 11.6 Å². The van der Waals surface area contributed by atoms with Crippen molar-refractivity contribution >= 4 is 11.6 Å². The molecule has 0 aliphatic carbocycles. The third kappa shape index (κ3) is 3.01. The normalized spacial score (nSPS) is 14.1. The zero-order valence-corrected chi connectivity index (χ0v) is 11.9. The van der Waals surface area contributed by atoms with Crippen molar-refractivity contribution in [3.63, 3.8) is 0 Å². The highest BCUT2D eigenvalue weighted by Gasteiger charge is 2.23. The predicted molar refractivity (Wildman–Crippen MR) is 79.3 cm³/mol. The molecular weight excluding hydrogens is 277 g/mol. The van der Waals surface area contributed by atoms with Crippen LogP contribution in [0.15, 0.2) is 42.5 Å². The van der Waals surface area contributed by atoms with Crippen molar-refractivity contribution in [1.82, 2.24) is 0 Å². The van der Waals surface area contributed by atoms with Gasteiger partial charge in [-0.05, 0) is 35.7 Å². The Morgan fingerprint density at radius 1 is 1.25 bits per heavy atom. The fourth-order valence-electron chi connectivity index (χ4n) is 2.29. The maximum absolute atomic E-state index is 13.3. The van der Waals surface area contributed by atoms with Crippen LogP contribution in [0.5, 0.6) is 0 Å². The Kier molecular flexibility index (Phi) is 4.76. The molecule has 2 atom stereocenters. The molecule has 0 spiro atoms. The molecule has 2 nitrogen and oxygen atoms in total. The molecule has 3 N–H and O–H groups in total. The molecule has 4 heteroatoms. The first kappa shape index (κ1) is 15.0. The van der Waals surface area contributed by atoms with E-state index in [0.717, 1.165) is 5.56 Å². The SMILES string of the molecule is Cc1cc(C(O)C(CN)c2ccccc2Cl)ccc1F. The Labute approximate surface area is 123 Å². The van der Waals surface area contributed by atoms with Crippen molar-refractivity contribution in [1.29, 1.82) is 0 Å². The summed E-state index contributed by atoms with van der Waals surface area (Å²) in [6, 6.07) is 11.9. The molecule has 2 aromatic carbocycles. The number of rotatable bonds is 4. The number of halogens is 2. The lowest BCUT2D eigenvalue weighted by Crippen LogP contribution is -2.20. The smallest absolute Gasteiger partial charge is 0.126 e. The van der Waals surface area contributed by atoms with Crippen LogP contribution in [0.1, 0.15) is 28.7 Å². The molecule has 2 unspecified atom stereocenters. The van der Waals surface area contributed by atoms with Gasteiger partial charge in [-0.15, -0.1) is 0 Å². The predicted octanol–water partition coefficient (Wildman–Crippen LogP) is 3.56. The quantitative estimate of drug-likeness (QED) is 0.905. The van der Waals surface area contributed by atoms with Gasteiger partial charge in [-0.1, -0.05) is 41.9 Å². The number of aliphatic hydroxyl groups is 1. The van der Waals surface area contributed by atoms with E-state index in [9.17, 15) is 9.50 Å². The molecule has 0 aromatic heterocycles. The largest absolute Gasteiger partial charge is 0.388 e. The molecule has 0 saturated carbocycles. The molecule has 0 aliphatic rings. The number of hydrogen-bond acceptors (Lipinski definition) is 2. The van der Waals surface area contributed by atoms with Crippen molar-refractivity contribution in [2.45, 2.75) is 18.9 Å². The molecule has 0 bridgehead atoms. The van der Waals surface area contributed by atoms with Crippen LogP contribution in [0.2, 0.25) is 5.02 Å². The molecular formula is C16H17ClFNO. The van der Waals surface area contributed by atoms with E-state index in [1.807, 2.05) is 18.2 Å². The standard InChI is InChI=1S/C16H17ClFNO/c1-10-8-11(6-7-15(10)18)16(20)13(9-19)12-4-2-3-5-14(12)17/h2-8,13,16,20H,9,19H2,1H3. The van der Waals surface area contributed by atoms with E-state index >= 15 is 0 Å². The van der Waals surface area contributed by atoms with Crippen LogP contribution in [0, 0.1) is 12.7 Å². The number of hydrogen-bond donors (Lipinski definition) is 2. The van der Waals surface area contributed by atoms with E-state index in [1.165, 1.54) is 6.07 Å². The van der Waals surface area contributed by atoms with E-state index in [4.69, 9.17) is 17.3 Å². The first-order valence-corrected chi connectivity index (χ1v) is 6.81. The second kappa shape index (κ2) is 6.35. The molecule has 2 aromatic rings. The third-order valence-corrected chi connectivity index (χ3v) is 3.81. The molecule has 106 valence electrons. The van der Waals surface area contributed by atoms with Crippen LogP contribution in [0.3, 0.4) is 0 Å². The molecule has 0 aliphatic heterocycles. The van der Waals surface area contributed by atoms with E-state index in [1.54, 1.807) is 25.1 Å². The van der Waals surface area contributed by atoms with Gasteiger partial charge in [0.05, 0.1) is 6.10 Å². The van der Waals surface area contributed by atoms with Crippen molar-refractivity contribution < 1.29 is 9.50 Å². The lowest BCUT2D eigenvalue weighted by Gasteiger charge is -2.23. The van der Waals surface area contributed by atoms with Gasteiger partial charge in [0.15, 0.2) is 0 Å². The second-order valence-corrected chi connectivity index (χ2v) is 5.22. The summed E-state index contributed by atoms with van der Waals surface area (Å²) in [7, 11) is 0. The van der Waals surface area contributed by atoms with E-state index in [0.29, 0.717) is 16.1 Å². The summed E-state index contributed by atoms with van der Waals surface area (Å²) in [5, 5.41) is 11.1. The first-order chi connectivity index (χ1) is 9.54. The minimum absolute atomic E-state index is 0.251. The lowest BCUT2D eigenvalue weighted by molar-refractivity contribution is 0.147. The van der Waals surface area contributed by atoms with Gasteiger partial charge < -0.3 is 10.8 Å². The highest BCUT2D eigenvalue weighted by molar-refractivity contribution is 6.31. The molecule has 2 rings (SSSR count). The van der Waals surface area contributed by atoms with Gasteiger partial charge in [-0.25, -0.2) is 4.39 Å². The Morgan fingerprint density at radius 3 is 2.55 bits per heavy atom. The summed E-state index contributed by atoms with van der Waals surface area (Å²) >= 11 is 6.16. The summed E-state index contributed by atoms with van der Waals surface area (Å²) in [6.07, 6.45) is -0.820. The highest BCUT2D eigenvalue weighted by Crippen LogP contribution is 2.34. The molecule has 0 heterocycles. The number of nitrogens with two attached hydrogens (primary N) is 1. The van der Waals surface area contributed by atoms with Crippen molar-refractivity contribution in [2.75, 3.05) is 6.54 Å². The molecule has 0 fully saturated rings. The Hall–Kier alpha value is -1.42. The van der Waals surface area contributed by atoms with E-state index < -0.39 is 6.10 Å². The Morgan fingerprint density at radius 2 is 1.95 bits per heavy atom. The Balaban J connectivity index is 2.36. The van der Waals surface area contributed by atoms with Crippen LogP contribution in [0.25, 0.3) is 0 Å². The molecule has 0 amide bonds. The fraction of sp³-hybridized carbons (Fsp3) is 0.250. The van der Waals surface area contributed by atoms with Crippen LogP contribution in [-0.2, 0) is 0 Å². The summed E-state index contributed by atoms with van der Waals surface area (Å²) < 4.78 is 13.3. The third-order valence-electron chi connectivity index (χ3n) is 3.46. The van der Waals surface area contributed by atoms with Gasteiger partial charge >= 0.3 is 0 Å². The average Bonchev–Trinajstić information content (AvgIpc) is 2.44. The van der Waals surface area contributed by atoms with Gasteiger partial charge in [0.25, 0.3) is 0 Å². The summed E-state index contributed by atoms with van der Waals surface area (Å²) in [5.74, 6) is -0.614. The average molecular weight is 294 g/mol. The summed E-state index contributed by atoms with van der Waals surface area (Å²) in [4.78, 5) is 0. The lowest BCUT2D eigenvalue weighted by atomic mass is 9.88. The van der Waals surface area contributed by atoms with E-state index in [-0.39, 0.29) is 18.3 Å². The number of aryl methyl sites for hydroxylation is 1. The summed E-state index contributed by atoms with van der Waals surface area (Å²) in [5.41, 5.74) is 7.72. The van der Waals surface area contributed by atoms with Crippen LogP contribution in [0.4, 0.5) is 4.39 Å². The number of benzene rings is 2. The van der Waals surface area contributed by atoms with Crippen LogP contribution in [-0.4, -0.2) is 11.7 Å². The first-order valence-electron chi connectivity index (χ1n) is 6.43. The van der Waals surface area contributed by atoms with E-state index in [2.05, 4.69) is 0 Å². The minimum atomic E-state index is -0.820. The second-order valence-electron chi connectivity index (χ2n) is 4.82. The minimum Gasteiger partial charge on any atom is -0.388 e. The monoisotopic (exact) mass is 293 g/mol. The van der Waals surface area contributed by atoms with Gasteiger partial charge in [0.1, 0.15) is 5.82 Å². The van der Waals surface area contributed by atoms with Crippen molar-refractivity contribution in [3.8, 4) is 0 Å². The molecule has 0 saturated heterocycles. The van der Waals surface area contributed by atoms with Gasteiger partial charge in [-0.2, -0.15) is 0 Å². The molecule has 0 radical (unpaired) electrons. The number of aliphatic hydroxyl groups excluding tert-OH is 1. The fourth-order valence-corrected chi connectivity index (χ4v) is 2.56. The maximum Gasteiger partial charge on any atom is 0.126 e. The highest BCUT2D eigenvalue weighted by atomic mass is 35.5. The molecule has 20 heavy (non-hydrogen) atoms. The summed E-state index contributed by atoms with van der Waals surface area (Å²) in [6.45, 7) is 1.92. The van der Waals surface area contributed by atoms with Crippen LogP contribution < -0.4 is 5.73 Å². The zero-order chi connectivity index (χ0) is 14.7. The maximum atomic E-state index is 13.3. The van der Waals surface area contributed by atoms with Gasteiger partial charge in [0.2, 0.25) is 0 Å². The Bertz CT molecular complexity index is 603. The van der Waals surface area contributed by atoms with Crippen molar-refractivity contribution in [3.05, 3.63) is 70.0 Å². The van der Waals surface area contributed by atoms with Crippen molar-refractivity contribution in [2.24, 2.45) is 5.73 Å². The zero-order valence-electron chi connectivity index (χ0n) is 11.2. The van der Waals surface area contributed by atoms with Gasteiger partial charge in [0, 0.05) is 17.5 Å².